The van der Waals surface area contributed by atoms with Crippen molar-refractivity contribution in [1.29, 1.82) is 0 Å². The molecular formula is C23H16FN5. The average Bonchev–Trinajstić information content (AvgIpc) is 3.23. The molecule has 0 atom stereocenters. The molecule has 0 radical (unpaired) electrons. The second kappa shape index (κ2) is 6.83. The molecule has 29 heavy (non-hydrogen) atoms. The first-order valence-electron chi connectivity index (χ1n) is 9.10. The van der Waals surface area contributed by atoms with Crippen LogP contribution in [0, 0.1) is 5.82 Å². The van der Waals surface area contributed by atoms with Gasteiger partial charge < -0.3 is 0 Å². The van der Waals surface area contributed by atoms with Gasteiger partial charge in [0, 0.05) is 17.8 Å². The minimum Gasteiger partial charge on any atom is -0.256 e. The summed E-state index contributed by atoms with van der Waals surface area (Å²) in [7, 11) is 0. The summed E-state index contributed by atoms with van der Waals surface area (Å²) in [6.45, 7) is 4.10. The van der Waals surface area contributed by atoms with E-state index in [0.717, 1.165) is 22.2 Å². The molecule has 3 heterocycles. The summed E-state index contributed by atoms with van der Waals surface area (Å²) in [6.07, 6.45) is 7.14. The first-order chi connectivity index (χ1) is 14.2. The van der Waals surface area contributed by atoms with E-state index in [1.165, 1.54) is 6.07 Å². The summed E-state index contributed by atoms with van der Waals surface area (Å²) < 4.78 is 15.9. The van der Waals surface area contributed by atoms with Gasteiger partial charge in [0.25, 0.3) is 0 Å². The van der Waals surface area contributed by atoms with Gasteiger partial charge in [-0.1, -0.05) is 24.8 Å². The maximum atomic E-state index is 14.3. The first kappa shape index (κ1) is 17.1. The SMILES string of the molecule is C=C1C=CN(c2ccc3ncccc3c2)N=C1c1ccnn1-c1ccccc1F. The molecule has 0 unspecified atom stereocenters. The lowest BCUT2D eigenvalue weighted by molar-refractivity contribution is 0.610. The summed E-state index contributed by atoms with van der Waals surface area (Å²) in [5, 5.41) is 11.9. The van der Waals surface area contributed by atoms with Crippen LogP contribution in [0.5, 0.6) is 0 Å². The normalized spacial score (nSPS) is 13.8. The molecule has 4 aromatic rings. The number of benzene rings is 2. The van der Waals surface area contributed by atoms with Gasteiger partial charge in [0.2, 0.25) is 0 Å². The Kier molecular flexibility index (Phi) is 4.02. The van der Waals surface area contributed by atoms with Crippen molar-refractivity contribution in [1.82, 2.24) is 14.8 Å². The molecule has 5 rings (SSSR count). The van der Waals surface area contributed by atoms with Crippen LogP contribution in [-0.2, 0) is 0 Å². The number of anilines is 1. The fraction of sp³-hybridized carbons (Fsp3) is 0. The van der Waals surface area contributed by atoms with Crippen molar-refractivity contribution in [3.63, 3.8) is 0 Å². The van der Waals surface area contributed by atoms with E-state index in [1.54, 1.807) is 46.3 Å². The molecule has 6 heteroatoms. The van der Waals surface area contributed by atoms with Crippen LogP contribution in [0.25, 0.3) is 16.6 Å². The van der Waals surface area contributed by atoms with Crippen molar-refractivity contribution in [2.75, 3.05) is 5.01 Å². The monoisotopic (exact) mass is 381 g/mol. The van der Waals surface area contributed by atoms with E-state index < -0.39 is 0 Å². The van der Waals surface area contributed by atoms with Crippen LogP contribution < -0.4 is 5.01 Å². The molecule has 0 spiro atoms. The Labute approximate surface area is 166 Å². The number of hydrazone groups is 1. The van der Waals surface area contributed by atoms with Gasteiger partial charge in [-0.05, 0) is 54.1 Å². The highest BCUT2D eigenvalue weighted by atomic mass is 19.1. The molecule has 2 aromatic carbocycles. The molecule has 0 bridgehead atoms. The van der Waals surface area contributed by atoms with Crippen molar-refractivity contribution < 1.29 is 4.39 Å². The van der Waals surface area contributed by atoms with Crippen LogP contribution in [0.3, 0.4) is 0 Å². The third-order valence-corrected chi connectivity index (χ3v) is 4.75. The highest BCUT2D eigenvalue weighted by Crippen LogP contribution is 2.26. The van der Waals surface area contributed by atoms with E-state index in [9.17, 15) is 4.39 Å². The Bertz CT molecular complexity index is 1300. The van der Waals surface area contributed by atoms with E-state index >= 15 is 0 Å². The van der Waals surface area contributed by atoms with Crippen molar-refractivity contribution in [3.8, 4) is 5.69 Å². The Morgan fingerprint density at radius 2 is 1.83 bits per heavy atom. The van der Waals surface area contributed by atoms with E-state index in [4.69, 9.17) is 5.10 Å². The fourth-order valence-corrected chi connectivity index (χ4v) is 3.31. The number of rotatable bonds is 3. The number of halogens is 1. The van der Waals surface area contributed by atoms with Crippen molar-refractivity contribution in [2.45, 2.75) is 0 Å². The lowest BCUT2D eigenvalue weighted by Gasteiger charge is -2.22. The molecule has 0 aliphatic carbocycles. The van der Waals surface area contributed by atoms with Crippen LogP contribution in [0.15, 0.2) is 103 Å². The summed E-state index contributed by atoms with van der Waals surface area (Å²) in [5.74, 6) is -0.353. The van der Waals surface area contributed by atoms with Gasteiger partial charge in [0.15, 0.2) is 0 Å². The van der Waals surface area contributed by atoms with Gasteiger partial charge in [-0.15, -0.1) is 0 Å². The number of nitrogens with zero attached hydrogens (tertiary/aromatic N) is 5. The van der Waals surface area contributed by atoms with Crippen LogP contribution in [-0.4, -0.2) is 20.5 Å². The third-order valence-electron chi connectivity index (χ3n) is 4.75. The minimum atomic E-state index is -0.353. The predicted octanol–water partition coefficient (Wildman–Crippen LogP) is 4.85. The molecular weight excluding hydrogens is 365 g/mol. The van der Waals surface area contributed by atoms with Crippen LogP contribution in [0.4, 0.5) is 10.1 Å². The second-order valence-electron chi connectivity index (χ2n) is 6.59. The molecule has 1 aliphatic rings. The largest absolute Gasteiger partial charge is 0.256 e. The predicted molar refractivity (Wildman–Crippen MR) is 113 cm³/mol. The number of aromatic nitrogens is 3. The number of allylic oxidation sites excluding steroid dienone is 2. The Hall–Kier alpha value is -4.06. The molecule has 2 aromatic heterocycles. The molecule has 0 N–H and O–H groups in total. The zero-order valence-electron chi connectivity index (χ0n) is 15.4. The molecule has 140 valence electrons. The fourth-order valence-electron chi connectivity index (χ4n) is 3.31. The molecule has 0 amide bonds. The summed E-state index contributed by atoms with van der Waals surface area (Å²) in [6, 6.07) is 18.2. The van der Waals surface area contributed by atoms with Gasteiger partial charge in [-0.3, -0.25) is 4.98 Å². The van der Waals surface area contributed by atoms with Gasteiger partial charge in [-0.2, -0.15) is 10.2 Å². The first-order valence-corrected chi connectivity index (χ1v) is 9.10. The van der Waals surface area contributed by atoms with E-state index in [-0.39, 0.29) is 5.82 Å². The minimum absolute atomic E-state index is 0.353. The van der Waals surface area contributed by atoms with Gasteiger partial charge >= 0.3 is 0 Å². The number of para-hydroxylation sites is 1. The zero-order valence-corrected chi connectivity index (χ0v) is 15.4. The Balaban J connectivity index is 1.59. The van der Waals surface area contributed by atoms with Gasteiger partial charge in [0.05, 0.1) is 23.1 Å². The Morgan fingerprint density at radius 1 is 0.931 bits per heavy atom. The number of pyridine rings is 1. The van der Waals surface area contributed by atoms with Crippen molar-refractivity contribution in [2.24, 2.45) is 5.10 Å². The number of fused-ring (bicyclic) bond motifs is 1. The maximum absolute atomic E-state index is 14.3. The van der Waals surface area contributed by atoms with Crippen molar-refractivity contribution >= 4 is 22.3 Å². The summed E-state index contributed by atoms with van der Waals surface area (Å²) in [4.78, 5) is 4.35. The maximum Gasteiger partial charge on any atom is 0.148 e. The molecule has 5 nitrogen and oxygen atoms in total. The van der Waals surface area contributed by atoms with E-state index in [2.05, 4.69) is 16.7 Å². The smallest absolute Gasteiger partial charge is 0.148 e. The molecule has 0 saturated carbocycles. The molecule has 1 aliphatic heterocycles. The number of hydrogen-bond acceptors (Lipinski definition) is 4. The summed E-state index contributed by atoms with van der Waals surface area (Å²) >= 11 is 0. The highest BCUT2D eigenvalue weighted by molar-refractivity contribution is 6.14. The highest BCUT2D eigenvalue weighted by Gasteiger charge is 2.20. The van der Waals surface area contributed by atoms with Crippen LogP contribution in [0.1, 0.15) is 5.69 Å². The lowest BCUT2D eigenvalue weighted by atomic mass is 10.1. The van der Waals surface area contributed by atoms with Crippen LogP contribution in [0.2, 0.25) is 0 Å². The zero-order chi connectivity index (χ0) is 19.8. The molecule has 0 fully saturated rings. The van der Waals surface area contributed by atoms with Crippen molar-refractivity contribution in [3.05, 3.63) is 109 Å². The van der Waals surface area contributed by atoms with Crippen LogP contribution >= 0.6 is 0 Å². The Morgan fingerprint density at radius 3 is 2.72 bits per heavy atom. The quantitative estimate of drug-likeness (QED) is 0.509. The number of hydrogen-bond donors (Lipinski definition) is 0. The van der Waals surface area contributed by atoms with E-state index in [1.807, 2.05) is 42.6 Å². The molecule has 0 saturated heterocycles. The van der Waals surface area contributed by atoms with Gasteiger partial charge in [-0.25, -0.2) is 14.1 Å². The van der Waals surface area contributed by atoms with E-state index in [0.29, 0.717) is 17.1 Å². The third kappa shape index (κ3) is 3.00. The average molecular weight is 381 g/mol. The second-order valence-corrected chi connectivity index (χ2v) is 6.59. The summed E-state index contributed by atoms with van der Waals surface area (Å²) in [5.41, 5.74) is 4.19. The topological polar surface area (TPSA) is 46.3 Å². The van der Waals surface area contributed by atoms with Gasteiger partial charge in [0.1, 0.15) is 17.2 Å². The standard InChI is InChI=1S/C23H16FN5/c1-16-11-14-28(18-8-9-20-17(15-18)5-4-12-25-20)27-23(16)22-10-13-26-29(22)21-7-3-2-6-19(21)24/h2-15H,1H2. The lowest BCUT2D eigenvalue weighted by Crippen LogP contribution is -2.21.